The fourth-order valence-electron chi connectivity index (χ4n) is 1.86. The Kier molecular flexibility index (Phi) is 5.11. The van der Waals surface area contributed by atoms with Gasteiger partial charge in [0.15, 0.2) is 0 Å². The molecule has 20 heavy (non-hydrogen) atoms. The van der Waals surface area contributed by atoms with Crippen LogP contribution in [0.3, 0.4) is 0 Å². The first-order valence-electron chi connectivity index (χ1n) is 6.67. The summed E-state index contributed by atoms with van der Waals surface area (Å²) in [5, 5.41) is 5.86. The van der Waals surface area contributed by atoms with Gasteiger partial charge < -0.3 is 15.2 Å². The van der Waals surface area contributed by atoms with Crippen molar-refractivity contribution >= 4 is 11.6 Å². The molecule has 0 bridgehead atoms. The second kappa shape index (κ2) is 7.28. The van der Waals surface area contributed by atoms with Crippen molar-refractivity contribution in [3.63, 3.8) is 0 Å². The number of unbranched alkanes of at least 4 members (excludes halogenated alkanes) is 1. The van der Waals surface area contributed by atoms with Gasteiger partial charge in [0, 0.05) is 44.4 Å². The van der Waals surface area contributed by atoms with Crippen LogP contribution in [0.5, 0.6) is 0 Å². The maximum absolute atomic E-state index is 11.5. The molecular formula is C14H19N5O. The Labute approximate surface area is 118 Å². The maximum atomic E-state index is 11.5. The molecule has 2 heterocycles. The molecule has 0 aliphatic heterocycles. The van der Waals surface area contributed by atoms with Gasteiger partial charge in [-0.2, -0.15) is 0 Å². The molecule has 1 amide bonds. The molecule has 0 saturated heterocycles. The van der Waals surface area contributed by atoms with Gasteiger partial charge in [-0.1, -0.05) is 0 Å². The van der Waals surface area contributed by atoms with Gasteiger partial charge in [-0.15, -0.1) is 0 Å². The molecule has 0 aliphatic carbocycles. The smallest absolute Gasteiger partial charge is 0.269 e. The number of aromatic nitrogens is 3. The topological polar surface area (TPSA) is 71.8 Å². The Morgan fingerprint density at radius 1 is 1.35 bits per heavy atom. The van der Waals surface area contributed by atoms with Crippen molar-refractivity contribution in [2.45, 2.75) is 19.4 Å². The van der Waals surface area contributed by atoms with Crippen LogP contribution in [0.4, 0.5) is 5.69 Å². The number of rotatable bonds is 7. The zero-order valence-corrected chi connectivity index (χ0v) is 11.5. The molecule has 2 aromatic rings. The molecule has 0 fully saturated rings. The summed E-state index contributed by atoms with van der Waals surface area (Å²) in [5.74, 6) is -0.172. The van der Waals surface area contributed by atoms with Gasteiger partial charge in [0.1, 0.15) is 5.69 Å². The molecule has 2 N–H and O–H groups in total. The van der Waals surface area contributed by atoms with Gasteiger partial charge >= 0.3 is 0 Å². The third-order valence-corrected chi connectivity index (χ3v) is 2.95. The standard InChI is InChI=1S/C14H19N5O/c1-15-14(20)13-10-12(4-6-18-13)17-5-2-3-8-19-9-7-16-11-19/h4,6-7,9-11H,2-3,5,8H2,1H3,(H,15,20)(H,17,18). The van der Waals surface area contributed by atoms with Crippen LogP contribution in [-0.4, -0.2) is 34.0 Å². The van der Waals surface area contributed by atoms with Crippen molar-refractivity contribution in [2.75, 3.05) is 18.9 Å². The Morgan fingerprint density at radius 2 is 2.25 bits per heavy atom. The van der Waals surface area contributed by atoms with E-state index in [0.717, 1.165) is 31.6 Å². The number of pyridine rings is 1. The predicted octanol–water partition coefficient (Wildman–Crippen LogP) is 1.53. The number of amides is 1. The molecule has 6 nitrogen and oxygen atoms in total. The van der Waals surface area contributed by atoms with E-state index in [1.54, 1.807) is 25.5 Å². The third kappa shape index (κ3) is 4.08. The predicted molar refractivity (Wildman–Crippen MR) is 77.6 cm³/mol. The summed E-state index contributed by atoms with van der Waals surface area (Å²) in [6.07, 6.45) is 9.35. The van der Waals surface area contributed by atoms with Crippen LogP contribution in [-0.2, 0) is 6.54 Å². The molecule has 0 spiro atoms. The van der Waals surface area contributed by atoms with Crippen LogP contribution in [0, 0.1) is 0 Å². The molecule has 0 saturated carbocycles. The van der Waals surface area contributed by atoms with E-state index >= 15 is 0 Å². The minimum absolute atomic E-state index is 0.172. The maximum Gasteiger partial charge on any atom is 0.269 e. The van der Waals surface area contributed by atoms with Gasteiger partial charge in [0.05, 0.1) is 6.33 Å². The van der Waals surface area contributed by atoms with Gasteiger partial charge in [0.2, 0.25) is 0 Å². The first-order valence-corrected chi connectivity index (χ1v) is 6.67. The summed E-state index contributed by atoms with van der Waals surface area (Å²) in [5.41, 5.74) is 1.34. The molecule has 0 unspecified atom stereocenters. The van der Waals surface area contributed by atoms with Crippen molar-refractivity contribution in [3.8, 4) is 0 Å². The summed E-state index contributed by atoms with van der Waals surface area (Å²) in [6.45, 7) is 1.84. The summed E-state index contributed by atoms with van der Waals surface area (Å²) in [7, 11) is 1.60. The lowest BCUT2D eigenvalue weighted by Gasteiger charge is -2.07. The number of carbonyl (C=O) groups excluding carboxylic acids is 1. The van der Waals surface area contributed by atoms with Crippen molar-refractivity contribution in [1.29, 1.82) is 0 Å². The van der Waals surface area contributed by atoms with Crippen LogP contribution < -0.4 is 10.6 Å². The SMILES string of the molecule is CNC(=O)c1cc(NCCCCn2ccnc2)ccn1. The summed E-state index contributed by atoms with van der Waals surface area (Å²) in [6, 6.07) is 3.62. The van der Waals surface area contributed by atoms with E-state index in [4.69, 9.17) is 0 Å². The molecule has 106 valence electrons. The summed E-state index contributed by atoms with van der Waals surface area (Å²) < 4.78 is 2.07. The lowest BCUT2D eigenvalue weighted by Crippen LogP contribution is -2.19. The second-order valence-corrected chi connectivity index (χ2v) is 4.44. The van der Waals surface area contributed by atoms with Crippen LogP contribution in [0.2, 0.25) is 0 Å². The second-order valence-electron chi connectivity index (χ2n) is 4.44. The van der Waals surface area contributed by atoms with Crippen LogP contribution >= 0.6 is 0 Å². The summed E-state index contributed by atoms with van der Waals surface area (Å²) in [4.78, 5) is 19.5. The van der Waals surface area contributed by atoms with Crippen molar-refractivity contribution in [1.82, 2.24) is 19.9 Å². The molecule has 6 heteroatoms. The Hall–Kier alpha value is -2.37. The zero-order valence-electron chi connectivity index (χ0n) is 11.5. The van der Waals surface area contributed by atoms with Gasteiger partial charge in [-0.05, 0) is 25.0 Å². The fraction of sp³-hybridized carbons (Fsp3) is 0.357. The van der Waals surface area contributed by atoms with E-state index in [1.165, 1.54) is 0 Å². The molecule has 2 rings (SSSR count). The lowest BCUT2D eigenvalue weighted by molar-refractivity contribution is 0.0958. The van der Waals surface area contributed by atoms with E-state index in [1.807, 2.05) is 18.6 Å². The Morgan fingerprint density at radius 3 is 3.00 bits per heavy atom. The highest BCUT2D eigenvalue weighted by molar-refractivity contribution is 5.92. The van der Waals surface area contributed by atoms with E-state index in [-0.39, 0.29) is 5.91 Å². The largest absolute Gasteiger partial charge is 0.385 e. The average molecular weight is 273 g/mol. The molecule has 0 radical (unpaired) electrons. The number of carbonyl (C=O) groups is 1. The number of imidazole rings is 1. The normalized spacial score (nSPS) is 10.2. The highest BCUT2D eigenvalue weighted by Crippen LogP contribution is 2.08. The average Bonchev–Trinajstić information content (AvgIpc) is 2.99. The molecule has 0 atom stereocenters. The fourth-order valence-corrected chi connectivity index (χ4v) is 1.86. The summed E-state index contributed by atoms with van der Waals surface area (Å²) >= 11 is 0. The van der Waals surface area contributed by atoms with Gasteiger partial charge in [-0.25, -0.2) is 4.98 Å². The lowest BCUT2D eigenvalue weighted by atomic mass is 10.2. The van der Waals surface area contributed by atoms with Crippen molar-refractivity contribution in [3.05, 3.63) is 42.7 Å². The van der Waals surface area contributed by atoms with Crippen molar-refractivity contribution < 1.29 is 4.79 Å². The molecular weight excluding hydrogens is 254 g/mol. The first-order chi connectivity index (χ1) is 9.79. The van der Waals surface area contributed by atoms with Crippen LogP contribution in [0.1, 0.15) is 23.3 Å². The highest BCUT2D eigenvalue weighted by Gasteiger charge is 2.04. The monoisotopic (exact) mass is 273 g/mol. The van der Waals surface area contributed by atoms with Crippen molar-refractivity contribution in [2.24, 2.45) is 0 Å². The minimum atomic E-state index is -0.172. The van der Waals surface area contributed by atoms with E-state index < -0.39 is 0 Å². The Balaban J connectivity index is 1.72. The first kappa shape index (κ1) is 14.0. The molecule has 2 aromatic heterocycles. The van der Waals surface area contributed by atoms with E-state index in [0.29, 0.717) is 5.69 Å². The minimum Gasteiger partial charge on any atom is -0.385 e. The number of hydrogen-bond acceptors (Lipinski definition) is 4. The molecule has 0 aliphatic rings. The van der Waals surface area contributed by atoms with E-state index in [9.17, 15) is 4.79 Å². The van der Waals surface area contributed by atoms with Crippen LogP contribution in [0.25, 0.3) is 0 Å². The number of nitrogens with zero attached hydrogens (tertiary/aromatic N) is 3. The Bertz CT molecular complexity index is 538. The number of anilines is 1. The van der Waals surface area contributed by atoms with Gasteiger partial charge in [0.25, 0.3) is 5.91 Å². The van der Waals surface area contributed by atoms with E-state index in [2.05, 4.69) is 25.2 Å². The third-order valence-electron chi connectivity index (χ3n) is 2.95. The highest BCUT2D eigenvalue weighted by atomic mass is 16.1. The van der Waals surface area contributed by atoms with Crippen LogP contribution in [0.15, 0.2) is 37.1 Å². The number of aryl methyl sites for hydroxylation is 1. The quantitative estimate of drug-likeness (QED) is 0.750. The number of nitrogens with one attached hydrogen (secondary N) is 2. The number of hydrogen-bond donors (Lipinski definition) is 2. The van der Waals surface area contributed by atoms with Gasteiger partial charge in [-0.3, -0.25) is 9.78 Å². The molecule has 0 aromatic carbocycles. The zero-order chi connectivity index (χ0) is 14.2.